The molecule has 1 saturated heterocycles. The highest BCUT2D eigenvalue weighted by atomic mass is 32.2. The number of benzene rings is 2. The number of carbonyl (C=O) groups excluding carboxylic acids is 2. The highest BCUT2D eigenvalue weighted by Gasteiger charge is 2.40. The number of aryl methyl sites for hydroxylation is 2. The van der Waals surface area contributed by atoms with E-state index in [1.807, 2.05) is 24.3 Å². The molecule has 2 aliphatic rings. The predicted molar refractivity (Wildman–Crippen MR) is 121 cm³/mol. The third kappa shape index (κ3) is 4.10. The minimum atomic E-state index is -3.95. The first-order valence-electron chi connectivity index (χ1n) is 10.7. The van der Waals surface area contributed by atoms with Crippen LogP contribution in [0.4, 0.5) is 11.4 Å². The Morgan fingerprint density at radius 3 is 2.66 bits per heavy atom. The molecule has 2 aromatic rings. The standard InChI is InChI=1S/C23H27N3O5S/c1-4-16-7-9-17(10-8-16)24-23(28)19-6-5-11-26(19)32(29,30)21-13-20-18(12-14(21)2)25-22(27)15(3)31-20/h7-10,12-13,15,19H,4-6,11H2,1-3H3,(H,24,28)(H,25,27). The van der Waals surface area contributed by atoms with Crippen molar-refractivity contribution < 1.29 is 22.7 Å². The van der Waals surface area contributed by atoms with Crippen molar-refractivity contribution in [1.29, 1.82) is 0 Å². The molecule has 2 heterocycles. The van der Waals surface area contributed by atoms with Gasteiger partial charge in [-0.3, -0.25) is 9.59 Å². The summed E-state index contributed by atoms with van der Waals surface area (Å²) in [5.74, 6) is -0.323. The van der Waals surface area contributed by atoms with E-state index >= 15 is 0 Å². The van der Waals surface area contributed by atoms with Gasteiger partial charge >= 0.3 is 0 Å². The average molecular weight is 458 g/mol. The fourth-order valence-corrected chi connectivity index (χ4v) is 5.97. The Hall–Kier alpha value is -2.91. The Bertz CT molecular complexity index is 1160. The van der Waals surface area contributed by atoms with Gasteiger partial charge in [-0.1, -0.05) is 19.1 Å². The number of nitrogens with one attached hydrogen (secondary N) is 2. The van der Waals surface area contributed by atoms with Crippen LogP contribution >= 0.6 is 0 Å². The summed E-state index contributed by atoms with van der Waals surface area (Å²) in [5, 5.41) is 5.57. The molecule has 2 aliphatic heterocycles. The molecule has 0 spiro atoms. The number of nitrogens with zero attached hydrogens (tertiary/aromatic N) is 1. The van der Waals surface area contributed by atoms with Crippen molar-refractivity contribution in [1.82, 2.24) is 4.31 Å². The van der Waals surface area contributed by atoms with Crippen LogP contribution in [0.2, 0.25) is 0 Å². The number of fused-ring (bicyclic) bond motifs is 1. The SMILES string of the molecule is CCc1ccc(NC(=O)C2CCCN2S(=O)(=O)c2cc3c(cc2C)NC(=O)C(C)O3)cc1. The summed E-state index contributed by atoms with van der Waals surface area (Å²) in [6.45, 7) is 5.58. The molecule has 2 unspecified atom stereocenters. The largest absolute Gasteiger partial charge is 0.479 e. The lowest BCUT2D eigenvalue weighted by atomic mass is 10.1. The zero-order valence-corrected chi connectivity index (χ0v) is 19.2. The summed E-state index contributed by atoms with van der Waals surface area (Å²) < 4.78 is 33.9. The molecule has 2 aromatic carbocycles. The summed E-state index contributed by atoms with van der Waals surface area (Å²) in [4.78, 5) is 24.9. The van der Waals surface area contributed by atoms with Gasteiger partial charge in [0.1, 0.15) is 11.8 Å². The average Bonchev–Trinajstić information content (AvgIpc) is 3.26. The summed E-state index contributed by atoms with van der Waals surface area (Å²) in [6, 6.07) is 9.76. The van der Waals surface area contributed by atoms with E-state index in [0.717, 1.165) is 12.0 Å². The monoisotopic (exact) mass is 457 g/mol. The second-order valence-electron chi connectivity index (χ2n) is 8.18. The molecule has 9 heteroatoms. The van der Waals surface area contributed by atoms with Crippen LogP contribution in [0.3, 0.4) is 0 Å². The predicted octanol–water partition coefficient (Wildman–Crippen LogP) is 3.07. The van der Waals surface area contributed by atoms with Gasteiger partial charge in [0.2, 0.25) is 15.9 Å². The van der Waals surface area contributed by atoms with Gasteiger partial charge in [-0.25, -0.2) is 8.42 Å². The Balaban J connectivity index is 1.59. The van der Waals surface area contributed by atoms with Crippen molar-refractivity contribution in [3.05, 3.63) is 47.5 Å². The van der Waals surface area contributed by atoms with Crippen LogP contribution in [-0.4, -0.2) is 43.2 Å². The molecule has 0 saturated carbocycles. The smallest absolute Gasteiger partial charge is 0.265 e. The van der Waals surface area contributed by atoms with Gasteiger partial charge in [-0.05, 0) is 62.4 Å². The molecule has 8 nitrogen and oxygen atoms in total. The van der Waals surface area contributed by atoms with Gasteiger partial charge in [0.15, 0.2) is 6.10 Å². The Morgan fingerprint density at radius 2 is 1.97 bits per heavy atom. The third-order valence-corrected chi connectivity index (χ3v) is 7.98. The minimum Gasteiger partial charge on any atom is -0.479 e. The molecule has 0 radical (unpaired) electrons. The van der Waals surface area contributed by atoms with Gasteiger partial charge in [0.25, 0.3) is 5.91 Å². The molecule has 0 bridgehead atoms. The number of carbonyl (C=O) groups is 2. The van der Waals surface area contributed by atoms with E-state index in [1.165, 1.54) is 10.4 Å². The number of amides is 2. The topological polar surface area (TPSA) is 105 Å². The van der Waals surface area contributed by atoms with Crippen molar-refractivity contribution in [3.63, 3.8) is 0 Å². The van der Waals surface area contributed by atoms with Gasteiger partial charge < -0.3 is 15.4 Å². The third-order valence-electron chi connectivity index (χ3n) is 5.93. The fraction of sp³-hybridized carbons (Fsp3) is 0.391. The van der Waals surface area contributed by atoms with E-state index in [1.54, 1.807) is 19.9 Å². The van der Waals surface area contributed by atoms with Crippen molar-refractivity contribution in [3.8, 4) is 5.75 Å². The second-order valence-corrected chi connectivity index (χ2v) is 10.0. The van der Waals surface area contributed by atoms with E-state index < -0.39 is 22.2 Å². The summed E-state index contributed by atoms with van der Waals surface area (Å²) in [6.07, 6.45) is 1.23. The van der Waals surface area contributed by atoms with E-state index in [4.69, 9.17) is 4.74 Å². The minimum absolute atomic E-state index is 0.0756. The van der Waals surface area contributed by atoms with Crippen LogP contribution in [0.1, 0.15) is 37.8 Å². The number of anilines is 2. The lowest BCUT2D eigenvalue weighted by Gasteiger charge is -2.27. The highest BCUT2D eigenvalue weighted by molar-refractivity contribution is 7.89. The first kappa shape index (κ1) is 22.3. The molecule has 2 atom stereocenters. The van der Waals surface area contributed by atoms with Crippen molar-refractivity contribution in [2.45, 2.75) is 57.1 Å². The lowest BCUT2D eigenvalue weighted by molar-refractivity contribution is -0.122. The van der Waals surface area contributed by atoms with Crippen molar-refractivity contribution in [2.24, 2.45) is 0 Å². The van der Waals surface area contributed by atoms with Gasteiger partial charge in [0.05, 0.1) is 10.6 Å². The number of hydrogen-bond acceptors (Lipinski definition) is 5. The van der Waals surface area contributed by atoms with E-state index in [-0.39, 0.29) is 23.3 Å². The normalized spacial score (nSPS) is 20.9. The molecule has 1 fully saturated rings. The van der Waals surface area contributed by atoms with Gasteiger partial charge in [-0.2, -0.15) is 4.31 Å². The van der Waals surface area contributed by atoms with Gasteiger partial charge in [0, 0.05) is 18.3 Å². The van der Waals surface area contributed by atoms with Crippen LogP contribution < -0.4 is 15.4 Å². The maximum Gasteiger partial charge on any atom is 0.265 e. The lowest BCUT2D eigenvalue weighted by Crippen LogP contribution is -2.43. The molecule has 170 valence electrons. The van der Waals surface area contributed by atoms with Gasteiger partial charge in [-0.15, -0.1) is 0 Å². The molecule has 0 aromatic heterocycles. The fourth-order valence-electron chi connectivity index (χ4n) is 4.09. The van der Waals surface area contributed by atoms with Crippen molar-refractivity contribution in [2.75, 3.05) is 17.2 Å². The Morgan fingerprint density at radius 1 is 1.25 bits per heavy atom. The Labute approximate surface area is 188 Å². The summed E-state index contributed by atoms with van der Waals surface area (Å²) in [5.41, 5.74) is 2.71. The quantitative estimate of drug-likeness (QED) is 0.718. The summed E-state index contributed by atoms with van der Waals surface area (Å²) in [7, 11) is -3.95. The molecule has 4 rings (SSSR count). The zero-order chi connectivity index (χ0) is 23.0. The van der Waals surface area contributed by atoms with E-state index in [2.05, 4.69) is 17.6 Å². The van der Waals surface area contributed by atoms with E-state index in [0.29, 0.717) is 35.5 Å². The zero-order valence-electron chi connectivity index (χ0n) is 18.3. The number of rotatable bonds is 5. The summed E-state index contributed by atoms with van der Waals surface area (Å²) >= 11 is 0. The Kier molecular flexibility index (Phi) is 5.96. The second kappa shape index (κ2) is 8.55. The molecule has 2 N–H and O–H groups in total. The van der Waals surface area contributed by atoms with Crippen LogP contribution in [0, 0.1) is 6.92 Å². The molecule has 2 amide bonds. The first-order valence-corrected chi connectivity index (χ1v) is 12.2. The number of sulfonamides is 1. The molecular weight excluding hydrogens is 430 g/mol. The van der Waals surface area contributed by atoms with E-state index in [9.17, 15) is 18.0 Å². The van der Waals surface area contributed by atoms with Crippen LogP contribution in [0.25, 0.3) is 0 Å². The molecular formula is C23H27N3O5S. The first-order chi connectivity index (χ1) is 15.2. The van der Waals surface area contributed by atoms with Crippen LogP contribution in [-0.2, 0) is 26.0 Å². The molecule has 32 heavy (non-hydrogen) atoms. The number of hydrogen-bond donors (Lipinski definition) is 2. The maximum atomic E-state index is 13.5. The molecule has 0 aliphatic carbocycles. The highest BCUT2D eigenvalue weighted by Crippen LogP contribution is 2.37. The number of ether oxygens (including phenoxy) is 1. The van der Waals surface area contributed by atoms with Crippen LogP contribution in [0.15, 0.2) is 41.3 Å². The van der Waals surface area contributed by atoms with Crippen LogP contribution in [0.5, 0.6) is 5.75 Å². The van der Waals surface area contributed by atoms with Crippen molar-refractivity contribution >= 4 is 33.2 Å². The maximum absolute atomic E-state index is 13.5.